The van der Waals surface area contributed by atoms with Gasteiger partial charge in [-0.25, -0.2) is 0 Å². The zero-order valence-electron chi connectivity index (χ0n) is 40.3. The van der Waals surface area contributed by atoms with E-state index in [0.29, 0.717) is 0 Å². The summed E-state index contributed by atoms with van der Waals surface area (Å²) in [5, 5.41) is 6.00. The molecule has 9 aromatic rings. The Morgan fingerprint density at radius 1 is 0.353 bits per heavy atom. The summed E-state index contributed by atoms with van der Waals surface area (Å²) in [6.07, 6.45) is 0. The molecule has 0 N–H and O–H groups in total. The first-order valence-electron chi connectivity index (χ1n) is 24.7. The smallest absolute Gasteiger partial charge is 0.182 e. The number of hydrogen-bond acceptors (Lipinski definition) is 1. The Labute approximate surface area is 402 Å². The van der Waals surface area contributed by atoms with Crippen LogP contribution in [0.1, 0.15) is 99.9 Å². The van der Waals surface area contributed by atoms with Crippen molar-refractivity contribution in [1.29, 1.82) is 0 Å². The molecule has 0 radical (unpaired) electrons. The summed E-state index contributed by atoms with van der Waals surface area (Å²) in [6, 6.07) is 74.1. The zero-order chi connectivity index (χ0) is 46.3. The Kier molecular flexibility index (Phi) is 7.76. The van der Waals surface area contributed by atoms with Crippen LogP contribution in [0, 0.1) is 0 Å². The van der Waals surface area contributed by atoms with E-state index in [4.69, 9.17) is 0 Å². The van der Waals surface area contributed by atoms with Gasteiger partial charge in [-0.1, -0.05) is 219 Å². The lowest BCUT2D eigenvalue weighted by Gasteiger charge is -2.48. The number of para-hydroxylation sites is 1. The maximum absolute atomic E-state index is 2.71. The lowest BCUT2D eigenvalue weighted by molar-refractivity contribution is 0.583. The van der Waals surface area contributed by atoms with E-state index in [1.807, 2.05) is 0 Å². The molecule has 0 fully saturated rings. The third-order valence-corrected chi connectivity index (χ3v) is 21.9. The average Bonchev–Trinajstić information content (AvgIpc) is 3.99. The van der Waals surface area contributed by atoms with Gasteiger partial charge >= 0.3 is 0 Å². The highest BCUT2D eigenvalue weighted by atomic mass is 28.3. The van der Waals surface area contributed by atoms with Gasteiger partial charge in [-0.05, 0) is 139 Å². The van der Waals surface area contributed by atoms with Gasteiger partial charge in [0.2, 0.25) is 0 Å². The predicted molar refractivity (Wildman–Crippen MR) is 289 cm³/mol. The van der Waals surface area contributed by atoms with Crippen molar-refractivity contribution >= 4 is 45.9 Å². The van der Waals surface area contributed by atoms with Crippen molar-refractivity contribution in [1.82, 2.24) is 0 Å². The highest BCUT2D eigenvalue weighted by Gasteiger charge is 2.57. The van der Waals surface area contributed by atoms with E-state index < -0.39 is 13.5 Å². The topological polar surface area (TPSA) is 3.24 Å². The molecule has 0 amide bonds. The maximum atomic E-state index is 2.67. The largest absolute Gasteiger partial charge is 0.310 e. The second-order valence-electron chi connectivity index (χ2n) is 22.8. The van der Waals surface area contributed by atoms with Crippen LogP contribution in [0.25, 0.3) is 44.5 Å². The van der Waals surface area contributed by atoms with Crippen LogP contribution < -0.4 is 25.6 Å². The summed E-state index contributed by atoms with van der Waals surface area (Å²) in [5.41, 5.74) is 24.8. The first-order chi connectivity index (χ1) is 32.8. The monoisotopic (exact) mass is 889 g/mol. The van der Waals surface area contributed by atoms with Crippen molar-refractivity contribution in [2.45, 2.75) is 77.0 Å². The van der Waals surface area contributed by atoms with Crippen LogP contribution in [0.4, 0.5) is 17.1 Å². The highest BCUT2D eigenvalue weighted by Crippen LogP contribution is 2.68. The molecule has 68 heavy (non-hydrogen) atoms. The summed E-state index contributed by atoms with van der Waals surface area (Å²) < 4.78 is 0. The average molecular weight is 890 g/mol. The Morgan fingerprint density at radius 2 is 0.794 bits per heavy atom. The summed E-state index contributed by atoms with van der Waals surface area (Å²) in [6.45, 7) is 19.2. The van der Waals surface area contributed by atoms with Crippen molar-refractivity contribution < 1.29 is 0 Å². The number of benzene rings is 9. The number of hydrogen-bond donors (Lipinski definition) is 0. The Morgan fingerprint density at radius 3 is 1.35 bits per heavy atom. The summed E-state index contributed by atoms with van der Waals surface area (Å²) >= 11 is 0. The molecule has 3 aliphatic heterocycles. The number of fused-ring (bicyclic) bond motifs is 23. The van der Waals surface area contributed by atoms with Gasteiger partial charge in [0.05, 0.1) is 16.8 Å². The molecule has 328 valence electrons. The molecule has 9 aromatic carbocycles. The van der Waals surface area contributed by atoms with E-state index in [1.165, 1.54) is 127 Å². The Hall–Kier alpha value is -7.00. The molecule has 2 spiro atoms. The SMILES string of the molecule is CC(C)(C)c1ccc2c(c1)C1(c3cc(C(C)(C)C)ccc3-2)c2ccccc2N(c2ccc3c(c2)[Si]2(c4ccccc4-c4ccccc42)c2ccccc2-3)c2ccc3c(c21)C(C)(C)c1ccccc1-3. The van der Waals surface area contributed by atoms with Crippen molar-refractivity contribution in [2.75, 3.05) is 4.90 Å². The lowest BCUT2D eigenvalue weighted by atomic mass is 9.60. The minimum atomic E-state index is -2.71. The zero-order valence-corrected chi connectivity index (χ0v) is 41.3. The summed E-state index contributed by atoms with van der Waals surface area (Å²) in [7, 11) is -2.71. The van der Waals surface area contributed by atoms with Gasteiger partial charge in [0.15, 0.2) is 8.07 Å². The third kappa shape index (κ3) is 4.77. The molecule has 0 unspecified atom stereocenters. The molecule has 3 heterocycles. The molecule has 0 saturated carbocycles. The summed E-state index contributed by atoms with van der Waals surface area (Å²) in [5.74, 6) is 0. The number of anilines is 3. The van der Waals surface area contributed by atoms with Crippen molar-refractivity contribution in [3.63, 3.8) is 0 Å². The normalized spacial score (nSPS) is 16.3. The first-order valence-corrected chi connectivity index (χ1v) is 26.7. The van der Waals surface area contributed by atoms with Crippen LogP contribution in [0.5, 0.6) is 0 Å². The molecule has 1 nitrogen and oxygen atoms in total. The van der Waals surface area contributed by atoms with Gasteiger partial charge in [0.1, 0.15) is 0 Å². The summed E-state index contributed by atoms with van der Waals surface area (Å²) in [4.78, 5) is 2.67. The second-order valence-corrected chi connectivity index (χ2v) is 26.4. The van der Waals surface area contributed by atoms with Crippen LogP contribution in [-0.4, -0.2) is 8.07 Å². The fraction of sp³-hybridized carbons (Fsp3) is 0.182. The molecule has 2 heteroatoms. The van der Waals surface area contributed by atoms with Gasteiger partial charge in [-0.2, -0.15) is 0 Å². The van der Waals surface area contributed by atoms with E-state index in [2.05, 4.69) is 248 Å². The minimum absolute atomic E-state index is 0.0436. The van der Waals surface area contributed by atoms with Crippen LogP contribution in [-0.2, 0) is 21.7 Å². The maximum Gasteiger partial charge on any atom is 0.182 e. The van der Waals surface area contributed by atoms with E-state index >= 15 is 0 Å². The molecule has 5 aliphatic rings. The van der Waals surface area contributed by atoms with Gasteiger partial charge in [0, 0.05) is 16.7 Å². The molecule has 0 bridgehead atoms. The van der Waals surface area contributed by atoms with Crippen molar-refractivity contribution in [3.8, 4) is 44.5 Å². The van der Waals surface area contributed by atoms with Gasteiger partial charge in [-0.15, -0.1) is 0 Å². The molecule has 0 aromatic heterocycles. The van der Waals surface area contributed by atoms with Crippen LogP contribution in [0.3, 0.4) is 0 Å². The van der Waals surface area contributed by atoms with E-state index in [9.17, 15) is 0 Å². The van der Waals surface area contributed by atoms with Crippen LogP contribution >= 0.6 is 0 Å². The molecular weight excluding hydrogens is 835 g/mol. The molecule has 14 rings (SSSR count). The highest BCUT2D eigenvalue weighted by molar-refractivity contribution is 7.24. The second kappa shape index (κ2) is 13.2. The van der Waals surface area contributed by atoms with Crippen molar-refractivity contribution in [2.24, 2.45) is 0 Å². The van der Waals surface area contributed by atoms with E-state index in [-0.39, 0.29) is 16.2 Å². The van der Waals surface area contributed by atoms with E-state index in [0.717, 1.165) is 0 Å². The Bertz CT molecular complexity index is 3570. The quantitative estimate of drug-likeness (QED) is 0.148. The third-order valence-electron chi connectivity index (χ3n) is 17.0. The van der Waals surface area contributed by atoms with Crippen LogP contribution in [0.15, 0.2) is 188 Å². The Balaban J connectivity index is 1.13. The predicted octanol–water partition coefficient (Wildman–Crippen LogP) is 14.1. The first kappa shape index (κ1) is 40.1. The van der Waals surface area contributed by atoms with E-state index in [1.54, 1.807) is 0 Å². The van der Waals surface area contributed by atoms with Gasteiger partial charge in [0.25, 0.3) is 0 Å². The van der Waals surface area contributed by atoms with Gasteiger partial charge < -0.3 is 4.90 Å². The molecule has 0 saturated heterocycles. The molecular formula is C66H55NSi. The standard InChI is InChI=1S/C66H55NSi/c1-63(2,3)40-29-32-44-45-33-30-41(64(4,5)6)38-54(45)66(53(44)37-40)52-24-14-15-25-55(52)67(56-36-35-50-43-19-9-13-23-51(43)65(7,8)61(50)62(56)66)42-31-34-49-48-22-12-18-28-59(48)68(60(49)39-42)57-26-16-10-20-46(57)47-21-11-17-27-58(47)68/h9-39H,1-8H3. The lowest BCUT2D eigenvalue weighted by Crippen LogP contribution is -2.70. The molecule has 0 atom stereocenters. The molecule has 2 aliphatic carbocycles. The minimum Gasteiger partial charge on any atom is -0.310 e. The number of rotatable bonds is 1. The van der Waals surface area contributed by atoms with Crippen molar-refractivity contribution in [3.05, 3.63) is 233 Å². The van der Waals surface area contributed by atoms with Crippen LogP contribution in [0.2, 0.25) is 0 Å². The fourth-order valence-electron chi connectivity index (χ4n) is 14.0. The van der Waals surface area contributed by atoms with Gasteiger partial charge in [-0.3, -0.25) is 0 Å². The fourth-order valence-corrected chi connectivity index (χ4v) is 19.6. The number of nitrogens with zero attached hydrogens (tertiary/aromatic N) is 1.